The summed E-state index contributed by atoms with van der Waals surface area (Å²) in [5.74, 6) is 0.238. The first-order valence-corrected chi connectivity index (χ1v) is 4.84. The summed E-state index contributed by atoms with van der Waals surface area (Å²) >= 11 is 0. The van der Waals surface area contributed by atoms with E-state index in [0.717, 1.165) is 29.4 Å². The summed E-state index contributed by atoms with van der Waals surface area (Å²) in [5.41, 5.74) is 2.96. The number of rotatable bonds is 0. The van der Waals surface area contributed by atoms with Crippen molar-refractivity contribution in [1.29, 1.82) is 0 Å². The van der Waals surface area contributed by atoms with Crippen LogP contribution in [0.15, 0.2) is 18.5 Å². The molecule has 0 aliphatic heterocycles. The Labute approximate surface area is 81.2 Å². The number of hydrogen-bond acceptors (Lipinski definition) is 2. The molecule has 0 saturated heterocycles. The van der Waals surface area contributed by atoms with Crippen LogP contribution in [0.2, 0.25) is 0 Å². The minimum atomic E-state index is 0.238. The number of aromatic nitrogens is 2. The van der Waals surface area contributed by atoms with E-state index in [-0.39, 0.29) is 5.78 Å². The zero-order chi connectivity index (χ0) is 9.54. The van der Waals surface area contributed by atoms with E-state index in [2.05, 4.69) is 9.97 Å². The average molecular weight is 186 g/mol. The summed E-state index contributed by atoms with van der Waals surface area (Å²) in [6.07, 6.45) is 6.20. The fourth-order valence-corrected chi connectivity index (χ4v) is 2.15. The maximum absolute atomic E-state index is 11.6. The van der Waals surface area contributed by atoms with Crippen LogP contribution in [0.3, 0.4) is 0 Å². The Hall–Kier alpha value is -1.64. The van der Waals surface area contributed by atoms with Gasteiger partial charge in [0.2, 0.25) is 0 Å². The van der Waals surface area contributed by atoms with E-state index in [0.29, 0.717) is 6.42 Å². The molecular formula is C11H10N2O. The predicted octanol–water partition coefficient (Wildman–Crippen LogP) is 2.08. The highest BCUT2D eigenvalue weighted by molar-refractivity contribution is 6.03. The molecule has 0 bridgehead atoms. The Bertz CT molecular complexity index is 513. The van der Waals surface area contributed by atoms with Crippen LogP contribution in [0.1, 0.15) is 28.9 Å². The summed E-state index contributed by atoms with van der Waals surface area (Å²) in [5, 5.41) is 1.16. The van der Waals surface area contributed by atoms with Crippen molar-refractivity contribution < 1.29 is 4.79 Å². The van der Waals surface area contributed by atoms with Gasteiger partial charge in [-0.2, -0.15) is 0 Å². The summed E-state index contributed by atoms with van der Waals surface area (Å²) < 4.78 is 0. The van der Waals surface area contributed by atoms with E-state index in [1.807, 2.05) is 6.07 Å². The zero-order valence-electron chi connectivity index (χ0n) is 7.71. The molecule has 0 saturated carbocycles. The topological polar surface area (TPSA) is 45.8 Å². The zero-order valence-corrected chi connectivity index (χ0v) is 7.71. The van der Waals surface area contributed by atoms with Gasteiger partial charge in [-0.3, -0.25) is 9.78 Å². The third-order valence-corrected chi connectivity index (χ3v) is 2.82. The quantitative estimate of drug-likeness (QED) is 0.684. The normalized spacial score (nSPS) is 15.9. The highest BCUT2D eigenvalue weighted by atomic mass is 16.1. The SMILES string of the molecule is O=C1CCCc2c1[nH]c1cnccc21. The van der Waals surface area contributed by atoms with Crippen molar-refractivity contribution in [3.05, 3.63) is 29.7 Å². The average Bonchev–Trinajstić information content (AvgIpc) is 2.59. The van der Waals surface area contributed by atoms with Gasteiger partial charge in [0, 0.05) is 18.0 Å². The lowest BCUT2D eigenvalue weighted by Crippen LogP contribution is -2.09. The molecule has 3 nitrogen and oxygen atoms in total. The molecule has 70 valence electrons. The van der Waals surface area contributed by atoms with Gasteiger partial charge in [0.15, 0.2) is 5.78 Å². The molecular weight excluding hydrogens is 176 g/mol. The van der Waals surface area contributed by atoms with Gasteiger partial charge in [-0.15, -0.1) is 0 Å². The lowest BCUT2D eigenvalue weighted by molar-refractivity contribution is 0.0968. The molecule has 2 aromatic heterocycles. The maximum Gasteiger partial charge on any atom is 0.179 e. The number of Topliss-reactive ketones (excluding diaryl/α,β-unsaturated/α-hetero) is 1. The summed E-state index contributed by atoms with van der Waals surface area (Å²) in [6, 6.07) is 1.98. The second kappa shape index (κ2) is 2.67. The molecule has 0 atom stereocenters. The van der Waals surface area contributed by atoms with Crippen LogP contribution >= 0.6 is 0 Å². The number of hydrogen-bond donors (Lipinski definition) is 1. The van der Waals surface area contributed by atoms with E-state index in [1.54, 1.807) is 12.4 Å². The van der Waals surface area contributed by atoms with Crippen molar-refractivity contribution in [3.8, 4) is 0 Å². The Morgan fingerprint density at radius 2 is 2.29 bits per heavy atom. The van der Waals surface area contributed by atoms with Crippen LogP contribution < -0.4 is 0 Å². The van der Waals surface area contributed by atoms with Crippen molar-refractivity contribution in [1.82, 2.24) is 9.97 Å². The van der Waals surface area contributed by atoms with Gasteiger partial charge < -0.3 is 4.98 Å². The van der Waals surface area contributed by atoms with Crippen LogP contribution in [-0.2, 0) is 6.42 Å². The van der Waals surface area contributed by atoms with E-state index < -0.39 is 0 Å². The molecule has 0 fully saturated rings. The van der Waals surface area contributed by atoms with Crippen LogP contribution in [0.5, 0.6) is 0 Å². The monoisotopic (exact) mass is 186 g/mol. The third-order valence-electron chi connectivity index (χ3n) is 2.82. The number of ketones is 1. The van der Waals surface area contributed by atoms with E-state index in [1.165, 1.54) is 5.56 Å². The van der Waals surface area contributed by atoms with Crippen LogP contribution in [0, 0.1) is 0 Å². The van der Waals surface area contributed by atoms with E-state index >= 15 is 0 Å². The highest BCUT2D eigenvalue weighted by Crippen LogP contribution is 2.28. The Balaban J connectivity index is 2.38. The van der Waals surface area contributed by atoms with Crippen molar-refractivity contribution in [2.45, 2.75) is 19.3 Å². The van der Waals surface area contributed by atoms with Gasteiger partial charge >= 0.3 is 0 Å². The number of pyridine rings is 1. The maximum atomic E-state index is 11.6. The largest absolute Gasteiger partial charge is 0.351 e. The molecule has 0 unspecified atom stereocenters. The van der Waals surface area contributed by atoms with Crippen LogP contribution in [0.4, 0.5) is 0 Å². The number of nitrogens with one attached hydrogen (secondary N) is 1. The van der Waals surface area contributed by atoms with Crippen molar-refractivity contribution in [2.24, 2.45) is 0 Å². The molecule has 1 aliphatic carbocycles. The summed E-state index contributed by atoms with van der Waals surface area (Å²) in [7, 11) is 0. The lowest BCUT2D eigenvalue weighted by Gasteiger charge is -2.09. The molecule has 14 heavy (non-hydrogen) atoms. The molecule has 3 rings (SSSR count). The first-order chi connectivity index (χ1) is 6.86. The van der Waals surface area contributed by atoms with E-state index in [4.69, 9.17) is 0 Å². The minimum Gasteiger partial charge on any atom is -0.351 e. The third kappa shape index (κ3) is 0.923. The van der Waals surface area contributed by atoms with Crippen molar-refractivity contribution in [3.63, 3.8) is 0 Å². The summed E-state index contributed by atoms with van der Waals surface area (Å²) in [4.78, 5) is 18.8. The molecule has 2 heterocycles. The van der Waals surface area contributed by atoms with Crippen LogP contribution in [-0.4, -0.2) is 15.8 Å². The number of fused-ring (bicyclic) bond motifs is 3. The van der Waals surface area contributed by atoms with Gasteiger partial charge in [0.05, 0.1) is 17.4 Å². The highest BCUT2D eigenvalue weighted by Gasteiger charge is 2.21. The number of carbonyl (C=O) groups excluding carboxylic acids is 1. The second-order valence-corrected chi connectivity index (χ2v) is 3.68. The fourth-order valence-electron chi connectivity index (χ4n) is 2.15. The van der Waals surface area contributed by atoms with Gasteiger partial charge in [0.25, 0.3) is 0 Å². The first-order valence-electron chi connectivity index (χ1n) is 4.84. The molecule has 1 N–H and O–H groups in total. The van der Waals surface area contributed by atoms with E-state index in [9.17, 15) is 4.79 Å². The standard InChI is InChI=1S/C11H10N2O/c14-10-3-1-2-8-7-4-5-12-6-9(7)13-11(8)10/h4-6,13H,1-3H2. The molecule has 2 aromatic rings. The fraction of sp³-hybridized carbons (Fsp3) is 0.273. The number of carbonyl (C=O) groups is 1. The molecule has 0 aromatic carbocycles. The Morgan fingerprint density at radius 1 is 1.36 bits per heavy atom. The number of H-pyrrole nitrogens is 1. The van der Waals surface area contributed by atoms with Gasteiger partial charge in [-0.05, 0) is 24.5 Å². The minimum absolute atomic E-state index is 0.238. The Morgan fingerprint density at radius 3 is 3.21 bits per heavy atom. The van der Waals surface area contributed by atoms with Crippen LogP contribution in [0.25, 0.3) is 10.9 Å². The van der Waals surface area contributed by atoms with Gasteiger partial charge in [0.1, 0.15) is 0 Å². The van der Waals surface area contributed by atoms with Gasteiger partial charge in [-0.1, -0.05) is 0 Å². The number of aryl methyl sites for hydroxylation is 1. The number of nitrogens with zero attached hydrogens (tertiary/aromatic N) is 1. The van der Waals surface area contributed by atoms with Crippen molar-refractivity contribution in [2.75, 3.05) is 0 Å². The lowest BCUT2D eigenvalue weighted by atomic mass is 9.95. The van der Waals surface area contributed by atoms with Gasteiger partial charge in [-0.25, -0.2) is 0 Å². The molecule has 0 spiro atoms. The molecule has 3 heteroatoms. The predicted molar refractivity (Wildman–Crippen MR) is 53.4 cm³/mol. The van der Waals surface area contributed by atoms with Crippen molar-refractivity contribution >= 4 is 16.7 Å². The smallest absolute Gasteiger partial charge is 0.179 e. The second-order valence-electron chi connectivity index (χ2n) is 3.68. The first kappa shape index (κ1) is 7.74. The Kier molecular flexibility index (Phi) is 1.48. The summed E-state index contributed by atoms with van der Waals surface area (Å²) in [6.45, 7) is 0. The molecule has 0 amide bonds. The molecule has 1 aliphatic rings. The molecule has 0 radical (unpaired) electrons. The number of aromatic amines is 1.